The Morgan fingerprint density at radius 1 is 1.13 bits per heavy atom. The minimum Gasteiger partial charge on any atom is -0.497 e. The Morgan fingerprint density at radius 3 is 2.48 bits per heavy atom. The average molecular weight is 308 g/mol. The fourth-order valence-corrected chi connectivity index (χ4v) is 1.93. The summed E-state index contributed by atoms with van der Waals surface area (Å²) in [6.45, 7) is 0. The summed E-state index contributed by atoms with van der Waals surface area (Å²) < 4.78 is 10.4. The van der Waals surface area contributed by atoms with Gasteiger partial charge in [0.25, 0.3) is 0 Å². The summed E-state index contributed by atoms with van der Waals surface area (Å²) >= 11 is 0. The molecule has 2 rings (SSSR count). The molecule has 0 aliphatic heterocycles. The number of ether oxygens (including phenoxy) is 2. The second kappa shape index (κ2) is 7.66. The van der Waals surface area contributed by atoms with E-state index < -0.39 is 0 Å². The highest BCUT2D eigenvalue weighted by Crippen LogP contribution is 2.25. The first-order valence-corrected chi connectivity index (χ1v) is 6.87. The lowest BCUT2D eigenvalue weighted by Gasteiger charge is -2.07. The van der Waals surface area contributed by atoms with Crippen LogP contribution in [0, 0.1) is 11.3 Å². The second-order valence-electron chi connectivity index (χ2n) is 4.62. The predicted molar refractivity (Wildman–Crippen MR) is 88.4 cm³/mol. The summed E-state index contributed by atoms with van der Waals surface area (Å²) in [7, 11) is 3.14. The Morgan fingerprint density at radius 2 is 1.87 bits per heavy atom. The van der Waals surface area contributed by atoms with Crippen LogP contribution in [0.3, 0.4) is 0 Å². The first kappa shape index (κ1) is 16.1. The molecule has 0 fully saturated rings. The van der Waals surface area contributed by atoms with Crippen LogP contribution in [0.2, 0.25) is 0 Å². The van der Waals surface area contributed by atoms with Gasteiger partial charge >= 0.3 is 0 Å². The molecule has 2 aromatic carbocycles. The van der Waals surface area contributed by atoms with E-state index in [-0.39, 0.29) is 5.91 Å². The van der Waals surface area contributed by atoms with E-state index in [2.05, 4.69) is 5.32 Å². The van der Waals surface area contributed by atoms with Crippen LogP contribution < -0.4 is 14.8 Å². The van der Waals surface area contributed by atoms with E-state index >= 15 is 0 Å². The summed E-state index contributed by atoms with van der Waals surface area (Å²) in [4.78, 5) is 11.9. The first-order valence-electron chi connectivity index (χ1n) is 6.87. The van der Waals surface area contributed by atoms with Crippen molar-refractivity contribution >= 4 is 17.7 Å². The minimum atomic E-state index is -0.271. The van der Waals surface area contributed by atoms with E-state index in [4.69, 9.17) is 14.7 Å². The number of benzene rings is 2. The number of amides is 1. The minimum absolute atomic E-state index is 0.271. The molecule has 0 saturated carbocycles. The SMILES string of the molecule is COc1ccc(/C=C/C(=O)Nc2ccc(C#N)cc2)c(OC)c1. The zero-order chi connectivity index (χ0) is 16.7. The molecule has 0 bridgehead atoms. The molecule has 0 aliphatic rings. The van der Waals surface area contributed by atoms with Gasteiger partial charge in [-0.3, -0.25) is 4.79 Å². The molecule has 1 amide bonds. The van der Waals surface area contributed by atoms with Gasteiger partial charge in [0.15, 0.2) is 0 Å². The van der Waals surface area contributed by atoms with Gasteiger partial charge in [0.2, 0.25) is 5.91 Å². The summed E-state index contributed by atoms with van der Waals surface area (Å²) in [5, 5.41) is 11.5. The highest BCUT2D eigenvalue weighted by atomic mass is 16.5. The largest absolute Gasteiger partial charge is 0.497 e. The van der Waals surface area contributed by atoms with Crippen molar-refractivity contribution in [1.82, 2.24) is 0 Å². The number of hydrogen-bond acceptors (Lipinski definition) is 4. The summed E-state index contributed by atoms with van der Waals surface area (Å²) in [6.07, 6.45) is 3.08. The number of anilines is 1. The fraction of sp³-hybridized carbons (Fsp3) is 0.111. The van der Waals surface area contributed by atoms with Crippen molar-refractivity contribution in [2.45, 2.75) is 0 Å². The molecule has 5 nitrogen and oxygen atoms in total. The number of nitrogens with zero attached hydrogens (tertiary/aromatic N) is 1. The highest BCUT2D eigenvalue weighted by Gasteiger charge is 2.03. The summed E-state index contributed by atoms with van der Waals surface area (Å²) in [6, 6.07) is 14.0. The third-order valence-electron chi connectivity index (χ3n) is 3.14. The van der Waals surface area contributed by atoms with E-state index in [0.717, 1.165) is 5.56 Å². The van der Waals surface area contributed by atoms with Gasteiger partial charge in [-0.05, 0) is 42.5 Å². The molecule has 0 atom stereocenters. The molecule has 0 radical (unpaired) electrons. The van der Waals surface area contributed by atoms with Gasteiger partial charge in [-0.15, -0.1) is 0 Å². The maximum atomic E-state index is 11.9. The van der Waals surface area contributed by atoms with E-state index in [1.54, 1.807) is 56.7 Å². The first-order chi connectivity index (χ1) is 11.2. The van der Waals surface area contributed by atoms with E-state index in [1.165, 1.54) is 6.08 Å². The molecule has 0 heterocycles. The lowest BCUT2D eigenvalue weighted by Crippen LogP contribution is -2.07. The van der Waals surface area contributed by atoms with Gasteiger partial charge in [0, 0.05) is 23.4 Å². The summed E-state index contributed by atoms with van der Waals surface area (Å²) in [5.74, 6) is 1.03. The molecule has 0 saturated heterocycles. The quantitative estimate of drug-likeness (QED) is 0.861. The van der Waals surface area contributed by atoms with Crippen LogP contribution in [0.5, 0.6) is 11.5 Å². The number of carbonyl (C=O) groups excluding carboxylic acids is 1. The topological polar surface area (TPSA) is 71.3 Å². The van der Waals surface area contributed by atoms with E-state index in [1.807, 2.05) is 12.1 Å². The standard InChI is InChI=1S/C18H16N2O3/c1-22-16-9-5-14(17(11-16)23-2)6-10-18(21)20-15-7-3-13(12-19)4-8-15/h3-11H,1-2H3,(H,20,21)/b10-6+. The molecule has 0 aliphatic carbocycles. The number of methoxy groups -OCH3 is 2. The van der Waals surface area contributed by atoms with Crippen molar-refractivity contribution in [3.63, 3.8) is 0 Å². The van der Waals surface area contributed by atoms with Gasteiger partial charge in [0.1, 0.15) is 11.5 Å². The smallest absolute Gasteiger partial charge is 0.248 e. The second-order valence-corrected chi connectivity index (χ2v) is 4.62. The fourth-order valence-electron chi connectivity index (χ4n) is 1.93. The number of nitriles is 1. The van der Waals surface area contributed by atoms with Crippen LogP contribution in [0.25, 0.3) is 6.08 Å². The number of hydrogen-bond donors (Lipinski definition) is 1. The van der Waals surface area contributed by atoms with Crippen LogP contribution in [0.1, 0.15) is 11.1 Å². The predicted octanol–water partition coefficient (Wildman–Crippen LogP) is 3.23. The molecule has 116 valence electrons. The molecular formula is C18H16N2O3. The Hall–Kier alpha value is -3.26. The molecule has 0 unspecified atom stereocenters. The Labute approximate surface area is 134 Å². The van der Waals surface area contributed by atoms with Crippen LogP contribution in [0.15, 0.2) is 48.5 Å². The van der Waals surface area contributed by atoms with Crippen LogP contribution >= 0.6 is 0 Å². The number of carbonyl (C=O) groups is 1. The zero-order valence-electron chi connectivity index (χ0n) is 12.9. The monoisotopic (exact) mass is 308 g/mol. The van der Waals surface area contributed by atoms with E-state index in [9.17, 15) is 4.79 Å². The Balaban J connectivity index is 2.07. The molecule has 0 aromatic heterocycles. The van der Waals surface area contributed by atoms with Crippen molar-refractivity contribution < 1.29 is 14.3 Å². The number of rotatable bonds is 5. The number of nitrogens with one attached hydrogen (secondary N) is 1. The van der Waals surface area contributed by atoms with Crippen molar-refractivity contribution in [2.24, 2.45) is 0 Å². The Kier molecular flexibility index (Phi) is 5.37. The molecular weight excluding hydrogens is 292 g/mol. The van der Waals surface area contributed by atoms with Crippen molar-refractivity contribution in [3.05, 3.63) is 59.7 Å². The maximum Gasteiger partial charge on any atom is 0.248 e. The maximum absolute atomic E-state index is 11.9. The molecule has 0 spiro atoms. The van der Waals surface area contributed by atoms with Crippen molar-refractivity contribution in [3.8, 4) is 17.6 Å². The molecule has 1 N–H and O–H groups in total. The lowest BCUT2D eigenvalue weighted by molar-refractivity contribution is -0.111. The Bertz CT molecular complexity index is 759. The molecule has 23 heavy (non-hydrogen) atoms. The normalized spacial score (nSPS) is 10.1. The van der Waals surface area contributed by atoms with Gasteiger partial charge in [0.05, 0.1) is 25.9 Å². The lowest BCUT2D eigenvalue weighted by atomic mass is 10.1. The average Bonchev–Trinajstić information content (AvgIpc) is 2.60. The molecule has 2 aromatic rings. The van der Waals surface area contributed by atoms with Gasteiger partial charge in [-0.1, -0.05) is 0 Å². The third kappa shape index (κ3) is 4.35. The van der Waals surface area contributed by atoms with Crippen LogP contribution in [-0.4, -0.2) is 20.1 Å². The zero-order valence-corrected chi connectivity index (χ0v) is 12.9. The van der Waals surface area contributed by atoms with Gasteiger partial charge in [-0.25, -0.2) is 0 Å². The van der Waals surface area contributed by atoms with Gasteiger partial charge in [-0.2, -0.15) is 5.26 Å². The summed E-state index contributed by atoms with van der Waals surface area (Å²) in [5.41, 5.74) is 1.94. The van der Waals surface area contributed by atoms with Crippen LogP contribution in [0.4, 0.5) is 5.69 Å². The third-order valence-corrected chi connectivity index (χ3v) is 3.14. The van der Waals surface area contributed by atoms with Crippen molar-refractivity contribution in [2.75, 3.05) is 19.5 Å². The van der Waals surface area contributed by atoms with Crippen LogP contribution in [-0.2, 0) is 4.79 Å². The van der Waals surface area contributed by atoms with Crippen molar-refractivity contribution in [1.29, 1.82) is 5.26 Å². The van der Waals surface area contributed by atoms with Gasteiger partial charge < -0.3 is 14.8 Å². The highest BCUT2D eigenvalue weighted by molar-refractivity contribution is 6.02. The molecule has 5 heteroatoms. The van der Waals surface area contributed by atoms with E-state index in [0.29, 0.717) is 22.7 Å².